The molecule has 2 N–H and O–H groups in total. The Morgan fingerprint density at radius 3 is 1.78 bits per heavy atom. The van der Waals surface area contributed by atoms with E-state index in [0.29, 0.717) is 0 Å². The van der Waals surface area contributed by atoms with Crippen LogP contribution in [0, 0.1) is 0 Å². The third-order valence-electron chi connectivity index (χ3n) is 0.682. The molecule has 0 aromatic rings. The van der Waals surface area contributed by atoms with E-state index >= 15 is 0 Å². The topological polar surface area (TPSA) is 52.8 Å². The summed E-state index contributed by atoms with van der Waals surface area (Å²) in [5, 5.41) is 18.4. The fourth-order valence-electron chi connectivity index (χ4n) is 0.0707. The van der Waals surface area contributed by atoms with Gasteiger partial charge in [0.2, 0.25) is 0 Å². The van der Waals surface area contributed by atoms with E-state index in [4.69, 9.17) is 10.3 Å². The fraction of sp³-hybridized carbons (Fsp3) is 0.833. The van der Waals surface area contributed by atoms with Crippen molar-refractivity contribution in [1.29, 1.82) is 0 Å². The highest BCUT2D eigenvalue weighted by Gasteiger charge is 1.77. The van der Waals surface area contributed by atoms with Gasteiger partial charge in [0.25, 0.3) is 0 Å². The second-order valence-electron chi connectivity index (χ2n) is 1.51. The molecule has 0 unspecified atom stereocenters. The van der Waals surface area contributed by atoms with Gasteiger partial charge in [0.1, 0.15) is 0 Å². The lowest BCUT2D eigenvalue weighted by Crippen LogP contribution is -1.83. The number of hydrogen-bond donors (Lipinski definition) is 2. The monoisotopic (exact) mass is 133 g/mol. The van der Waals surface area contributed by atoms with E-state index in [9.17, 15) is 0 Å². The van der Waals surface area contributed by atoms with E-state index in [0.717, 1.165) is 12.1 Å². The number of aliphatic hydroxyl groups excluding tert-OH is 1. The minimum Gasteiger partial charge on any atom is -0.411 e. The van der Waals surface area contributed by atoms with E-state index < -0.39 is 0 Å². The number of oxime groups is 1. The zero-order valence-corrected chi connectivity index (χ0v) is 6.26. The molecular formula is C6H15NO2. The average molecular weight is 133 g/mol. The zero-order valence-electron chi connectivity index (χ0n) is 6.26. The average Bonchev–Trinajstić information content (AvgIpc) is 1.88. The molecule has 0 saturated carbocycles. The summed E-state index contributed by atoms with van der Waals surface area (Å²) in [7, 11) is 0. The molecule has 9 heavy (non-hydrogen) atoms. The van der Waals surface area contributed by atoms with Crippen molar-refractivity contribution in [2.45, 2.75) is 27.2 Å². The fourth-order valence-corrected chi connectivity index (χ4v) is 0.0707. The first-order valence-electron chi connectivity index (χ1n) is 3.01. The first-order valence-corrected chi connectivity index (χ1v) is 3.01. The molecule has 0 rings (SSSR count). The van der Waals surface area contributed by atoms with Gasteiger partial charge in [-0.25, -0.2) is 0 Å². The maximum Gasteiger partial charge on any atom is 0.0537 e. The molecule has 0 radical (unpaired) electrons. The highest BCUT2D eigenvalue weighted by molar-refractivity contribution is 5.80. The van der Waals surface area contributed by atoms with Crippen LogP contribution in [0.5, 0.6) is 0 Å². The summed E-state index contributed by atoms with van der Waals surface area (Å²) in [5.74, 6) is 0. The molecule has 56 valence electrons. The van der Waals surface area contributed by atoms with Gasteiger partial charge in [0.15, 0.2) is 0 Å². The zero-order chi connectivity index (χ0) is 7.70. The Kier molecular flexibility index (Phi) is 13.0. The minimum atomic E-state index is 0.250. The van der Waals surface area contributed by atoms with Crippen LogP contribution < -0.4 is 0 Å². The first-order chi connectivity index (χ1) is 4.22. The van der Waals surface area contributed by atoms with Crippen LogP contribution in [0.1, 0.15) is 27.2 Å². The Hall–Kier alpha value is -0.570. The van der Waals surface area contributed by atoms with Crippen LogP contribution in [-0.2, 0) is 0 Å². The van der Waals surface area contributed by atoms with Gasteiger partial charge < -0.3 is 10.3 Å². The molecule has 0 aromatic carbocycles. The summed E-state index contributed by atoms with van der Waals surface area (Å²) in [6.07, 6.45) is 0.830. The second kappa shape index (κ2) is 10.4. The Bertz CT molecular complexity index is 71.5. The van der Waals surface area contributed by atoms with Crippen molar-refractivity contribution in [2.24, 2.45) is 5.16 Å². The maximum absolute atomic E-state index is 7.92. The molecule has 0 aliphatic rings. The van der Waals surface area contributed by atoms with Crippen LogP contribution >= 0.6 is 0 Å². The molecule has 0 amide bonds. The second-order valence-corrected chi connectivity index (χ2v) is 1.51. The lowest BCUT2D eigenvalue weighted by Gasteiger charge is -1.81. The van der Waals surface area contributed by atoms with E-state index in [2.05, 4.69) is 5.16 Å². The normalized spacial score (nSPS) is 10.0. The van der Waals surface area contributed by atoms with Gasteiger partial charge in [-0.05, 0) is 20.3 Å². The van der Waals surface area contributed by atoms with Gasteiger partial charge >= 0.3 is 0 Å². The van der Waals surface area contributed by atoms with E-state index in [-0.39, 0.29) is 6.61 Å². The molecule has 3 nitrogen and oxygen atoms in total. The Morgan fingerprint density at radius 1 is 1.44 bits per heavy atom. The SMILES string of the molecule is CCC(C)=NO.CCO. The summed E-state index contributed by atoms with van der Waals surface area (Å²) < 4.78 is 0. The smallest absolute Gasteiger partial charge is 0.0537 e. The van der Waals surface area contributed by atoms with Gasteiger partial charge in [-0.1, -0.05) is 12.1 Å². The van der Waals surface area contributed by atoms with Crippen LogP contribution in [-0.4, -0.2) is 22.6 Å². The first kappa shape index (κ1) is 11.3. The number of nitrogens with zero attached hydrogens (tertiary/aromatic N) is 1. The van der Waals surface area contributed by atoms with Crippen molar-refractivity contribution in [2.75, 3.05) is 6.61 Å². The van der Waals surface area contributed by atoms with Gasteiger partial charge in [-0.3, -0.25) is 0 Å². The summed E-state index contributed by atoms with van der Waals surface area (Å²) in [4.78, 5) is 0. The molecular weight excluding hydrogens is 118 g/mol. The molecule has 0 bridgehead atoms. The quantitative estimate of drug-likeness (QED) is 0.321. The predicted molar refractivity (Wildman–Crippen MR) is 37.9 cm³/mol. The van der Waals surface area contributed by atoms with Crippen LogP contribution in [0.15, 0.2) is 5.16 Å². The summed E-state index contributed by atoms with van der Waals surface area (Å²) >= 11 is 0. The van der Waals surface area contributed by atoms with Gasteiger partial charge in [-0.15, -0.1) is 0 Å². The molecule has 0 spiro atoms. The van der Waals surface area contributed by atoms with Crippen molar-refractivity contribution in [3.05, 3.63) is 0 Å². The Morgan fingerprint density at radius 2 is 1.78 bits per heavy atom. The summed E-state index contributed by atoms with van der Waals surface area (Å²) in [5.41, 5.74) is 0.773. The van der Waals surface area contributed by atoms with Crippen LogP contribution in [0.3, 0.4) is 0 Å². The number of aliphatic hydroxyl groups is 1. The summed E-state index contributed by atoms with van der Waals surface area (Å²) in [6.45, 7) is 5.65. The molecule has 3 heteroatoms. The van der Waals surface area contributed by atoms with Gasteiger partial charge in [0.05, 0.1) is 5.71 Å². The van der Waals surface area contributed by atoms with E-state index in [1.807, 2.05) is 6.92 Å². The highest BCUT2D eigenvalue weighted by atomic mass is 16.4. The third kappa shape index (κ3) is 18.6. The largest absolute Gasteiger partial charge is 0.411 e. The molecule has 0 aliphatic carbocycles. The van der Waals surface area contributed by atoms with Crippen LogP contribution in [0.25, 0.3) is 0 Å². The van der Waals surface area contributed by atoms with Gasteiger partial charge in [0, 0.05) is 6.61 Å². The maximum atomic E-state index is 7.92. The number of rotatable bonds is 1. The van der Waals surface area contributed by atoms with Gasteiger partial charge in [-0.2, -0.15) is 0 Å². The van der Waals surface area contributed by atoms with Crippen LogP contribution in [0.4, 0.5) is 0 Å². The van der Waals surface area contributed by atoms with Crippen LogP contribution in [0.2, 0.25) is 0 Å². The summed E-state index contributed by atoms with van der Waals surface area (Å²) in [6, 6.07) is 0. The van der Waals surface area contributed by atoms with Crippen molar-refractivity contribution < 1.29 is 10.3 Å². The van der Waals surface area contributed by atoms with E-state index in [1.165, 1.54) is 0 Å². The van der Waals surface area contributed by atoms with Crippen molar-refractivity contribution in [1.82, 2.24) is 0 Å². The van der Waals surface area contributed by atoms with Crippen molar-refractivity contribution in [3.8, 4) is 0 Å². The highest BCUT2D eigenvalue weighted by Crippen LogP contribution is 1.78. The van der Waals surface area contributed by atoms with Crippen molar-refractivity contribution >= 4 is 5.71 Å². The van der Waals surface area contributed by atoms with E-state index in [1.54, 1.807) is 13.8 Å². The molecule has 0 fully saturated rings. The van der Waals surface area contributed by atoms with Crippen molar-refractivity contribution in [3.63, 3.8) is 0 Å². The Labute approximate surface area is 56.0 Å². The standard InChI is InChI=1S/C4H9NO.C2H6O/c1-3-4(2)5-6;1-2-3/h6H,3H2,1-2H3;3H,2H2,1H3. The minimum absolute atomic E-state index is 0.250. The number of hydrogen-bond acceptors (Lipinski definition) is 3. The Balaban J connectivity index is 0. The molecule has 0 heterocycles. The molecule has 0 saturated heterocycles. The third-order valence-corrected chi connectivity index (χ3v) is 0.682. The predicted octanol–water partition coefficient (Wildman–Crippen LogP) is 1.25. The molecule has 0 aliphatic heterocycles. The molecule has 0 aromatic heterocycles. The molecule has 0 atom stereocenters. The lowest BCUT2D eigenvalue weighted by atomic mass is 10.3. The lowest BCUT2D eigenvalue weighted by molar-refractivity contribution is 0.317.